The van der Waals surface area contributed by atoms with Crippen molar-refractivity contribution in [2.75, 3.05) is 12.9 Å². The number of nitrogens with zero attached hydrogens (tertiary/aromatic N) is 1. The Morgan fingerprint density at radius 1 is 1.03 bits per heavy atom. The van der Waals surface area contributed by atoms with Crippen LogP contribution >= 0.6 is 23.1 Å². The normalized spacial score (nSPS) is 10.6. The number of nitrogens with one attached hydrogen (secondary N) is 2. The van der Waals surface area contributed by atoms with E-state index in [1.807, 2.05) is 54.6 Å². The highest BCUT2D eigenvalue weighted by molar-refractivity contribution is 7.99. The number of benzene rings is 2. The van der Waals surface area contributed by atoms with Gasteiger partial charge in [-0.1, -0.05) is 48.2 Å². The number of hydrazine groups is 1. The summed E-state index contributed by atoms with van der Waals surface area (Å²) in [5.41, 5.74) is 7.75. The molecule has 2 aromatic heterocycles. The molecule has 0 saturated heterocycles. The fraction of sp³-hybridized carbons (Fsp3) is 0.0870. The van der Waals surface area contributed by atoms with Gasteiger partial charge in [-0.25, -0.2) is 4.98 Å². The Labute approximate surface area is 187 Å². The molecule has 0 spiro atoms. The highest BCUT2D eigenvalue weighted by atomic mass is 32.2. The van der Waals surface area contributed by atoms with Crippen LogP contribution in [0.5, 0.6) is 5.75 Å². The predicted molar refractivity (Wildman–Crippen MR) is 124 cm³/mol. The molecule has 0 fully saturated rings. The Bertz CT molecular complexity index is 1210. The largest absolute Gasteiger partial charge is 0.497 e. The van der Waals surface area contributed by atoms with Gasteiger partial charge in [0, 0.05) is 11.5 Å². The van der Waals surface area contributed by atoms with Crippen molar-refractivity contribution >= 4 is 45.8 Å². The molecule has 0 atom stereocenters. The third-order valence-electron chi connectivity index (χ3n) is 4.49. The van der Waals surface area contributed by atoms with Crippen molar-refractivity contribution in [3.05, 3.63) is 77.0 Å². The second-order valence-electron chi connectivity index (χ2n) is 6.53. The summed E-state index contributed by atoms with van der Waals surface area (Å²) in [6.45, 7) is 0. The lowest BCUT2D eigenvalue weighted by Gasteiger charge is -2.11. The van der Waals surface area contributed by atoms with E-state index >= 15 is 0 Å². The maximum atomic E-state index is 12.2. The van der Waals surface area contributed by atoms with E-state index in [0.29, 0.717) is 9.90 Å². The number of pyridine rings is 1. The molecule has 0 saturated carbocycles. The lowest BCUT2D eigenvalue weighted by atomic mass is 10.0. The van der Waals surface area contributed by atoms with E-state index in [2.05, 4.69) is 10.9 Å². The first-order valence-electron chi connectivity index (χ1n) is 9.44. The number of aromatic nitrogens is 1. The zero-order chi connectivity index (χ0) is 21.6. The van der Waals surface area contributed by atoms with Crippen LogP contribution in [0.25, 0.3) is 22.0 Å². The first-order valence-corrected chi connectivity index (χ1v) is 11.3. The van der Waals surface area contributed by atoms with Crippen molar-refractivity contribution in [3.63, 3.8) is 0 Å². The van der Waals surface area contributed by atoms with E-state index in [4.69, 9.17) is 9.72 Å². The first-order chi connectivity index (χ1) is 15.1. The van der Waals surface area contributed by atoms with E-state index in [1.54, 1.807) is 24.6 Å². The average molecular weight is 450 g/mol. The number of amides is 2. The molecule has 156 valence electrons. The van der Waals surface area contributed by atoms with Crippen LogP contribution in [0.4, 0.5) is 0 Å². The van der Waals surface area contributed by atoms with Crippen molar-refractivity contribution in [1.82, 2.24) is 15.8 Å². The molecule has 0 radical (unpaired) electrons. The van der Waals surface area contributed by atoms with Crippen molar-refractivity contribution < 1.29 is 14.3 Å². The summed E-state index contributed by atoms with van der Waals surface area (Å²) in [7, 11) is 1.62. The highest BCUT2D eigenvalue weighted by Gasteiger charge is 2.12. The molecule has 4 aromatic rings. The van der Waals surface area contributed by atoms with Gasteiger partial charge in [0.25, 0.3) is 5.91 Å². The number of methoxy groups -OCH3 is 1. The average Bonchev–Trinajstić information content (AvgIpc) is 3.36. The molecule has 2 heterocycles. The third kappa shape index (κ3) is 5.04. The number of rotatable bonds is 6. The Balaban J connectivity index is 1.51. The van der Waals surface area contributed by atoms with Gasteiger partial charge in [-0.15, -0.1) is 11.3 Å². The Morgan fingerprint density at radius 2 is 1.87 bits per heavy atom. The fourth-order valence-corrected chi connectivity index (χ4v) is 4.35. The molecule has 2 N–H and O–H groups in total. The number of thioether (sulfide) groups is 1. The predicted octanol–water partition coefficient (Wildman–Crippen LogP) is 4.53. The van der Waals surface area contributed by atoms with Crippen LogP contribution in [0.2, 0.25) is 0 Å². The van der Waals surface area contributed by atoms with E-state index < -0.39 is 0 Å². The van der Waals surface area contributed by atoms with Crippen molar-refractivity contribution in [3.8, 4) is 16.9 Å². The molecular weight excluding hydrogens is 430 g/mol. The third-order valence-corrected chi connectivity index (χ3v) is 6.27. The quantitative estimate of drug-likeness (QED) is 0.334. The number of carbonyl (C=O) groups is 2. The summed E-state index contributed by atoms with van der Waals surface area (Å²) >= 11 is 2.61. The Hall–Kier alpha value is -3.36. The van der Waals surface area contributed by atoms with Gasteiger partial charge in [-0.05, 0) is 40.8 Å². The summed E-state index contributed by atoms with van der Waals surface area (Å²) in [5, 5.41) is 3.51. The minimum Gasteiger partial charge on any atom is -0.497 e. The molecule has 0 aliphatic rings. The van der Waals surface area contributed by atoms with Gasteiger partial charge in [0.1, 0.15) is 5.75 Å². The first kappa shape index (κ1) is 20.9. The number of thiophene rings is 1. The molecule has 2 aromatic carbocycles. The van der Waals surface area contributed by atoms with E-state index in [9.17, 15) is 9.59 Å². The van der Waals surface area contributed by atoms with Crippen molar-refractivity contribution in [2.24, 2.45) is 0 Å². The highest BCUT2D eigenvalue weighted by Crippen LogP contribution is 2.33. The van der Waals surface area contributed by atoms with Crippen LogP contribution in [0, 0.1) is 0 Å². The maximum absolute atomic E-state index is 12.2. The minimum atomic E-state index is -0.337. The molecule has 2 amide bonds. The molecule has 0 unspecified atom stereocenters. The molecule has 8 heteroatoms. The number of hydrogen-bond acceptors (Lipinski definition) is 6. The van der Waals surface area contributed by atoms with E-state index in [1.165, 1.54) is 23.1 Å². The molecule has 4 rings (SSSR count). The van der Waals surface area contributed by atoms with E-state index in [0.717, 1.165) is 27.8 Å². The second-order valence-corrected chi connectivity index (χ2v) is 8.47. The van der Waals surface area contributed by atoms with Gasteiger partial charge < -0.3 is 4.74 Å². The number of ether oxygens (including phenoxy) is 1. The van der Waals surface area contributed by atoms with Crippen LogP contribution in [-0.4, -0.2) is 29.7 Å². The molecule has 0 bridgehead atoms. The van der Waals surface area contributed by atoms with Crippen LogP contribution < -0.4 is 15.6 Å². The van der Waals surface area contributed by atoms with Crippen molar-refractivity contribution in [1.29, 1.82) is 0 Å². The van der Waals surface area contributed by atoms with Crippen LogP contribution in [0.1, 0.15) is 9.67 Å². The monoisotopic (exact) mass is 449 g/mol. The maximum Gasteiger partial charge on any atom is 0.279 e. The number of carbonyl (C=O) groups excluding carboxylic acids is 2. The van der Waals surface area contributed by atoms with Crippen LogP contribution in [0.15, 0.2) is 77.1 Å². The summed E-state index contributed by atoms with van der Waals surface area (Å²) in [6, 6.07) is 21.3. The second kappa shape index (κ2) is 9.63. The van der Waals surface area contributed by atoms with Gasteiger partial charge in [0.05, 0.1) is 28.3 Å². The van der Waals surface area contributed by atoms with Crippen LogP contribution in [-0.2, 0) is 4.79 Å². The Morgan fingerprint density at radius 3 is 2.61 bits per heavy atom. The number of fused-ring (bicyclic) bond motifs is 1. The molecule has 31 heavy (non-hydrogen) atoms. The Kier molecular flexibility index (Phi) is 6.49. The topological polar surface area (TPSA) is 80.3 Å². The number of hydrogen-bond donors (Lipinski definition) is 2. The van der Waals surface area contributed by atoms with Gasteiger partial charge in [0.15, 0.2) is 0 Å². The lowest BCUT2D eigenvalue weighted by molar-refractivity contribution is -0.119. The molecule has 0 aliphatic carbocycles. The SMILES string of the molecule is COc1ccc2c(-c3ccccc3)cc(SCC(=O)NNC(=O)c3cccs3)nc2c1. The molecule has 0 aliphatic heterocycles. The zero-order valence-corrected chi connectivity index (χ0v) is 18.3. The lowest BCUT2D eigenvalue weighted by Crippen LogP contribution is -2.42. The van der Waals surface area contributed by atoms with E-state index in [-0.39, 0.29) is 17.6 Å². The zero-order valence-electron chi connectivity index (χ0n) is 16.6. The summed E-state index contributed by atoms with van der Waals surface area (Å²) in [6.07, 6.45) is 0. The van der Waals surface area contributed by atoms with Gasteiger partial charge in [-0.2, -0.15) is 0 Å². The minimum absolute atomic E-state index is 0.113. The summed E-state index contributed by atoms with van der Waals surface area (Å²) in [5.74, 6) is 0.177. The van der Waals surface area contributed by atoms with Gasteiger partial charge >= 0.3 is 0 Å². The van der Waals surface area contributed by atoms with Crippen LogP contribution in [0.3, 0.4) is 0 Å². The smallest absolute Gasteiger partial charge is 0.279 e. The molecule has 6 nitrogen and oxygen atoms in total. The standard InChI is InChI=1S/C23H19N3O3S2/c1-29-16-9-10-17-18(15-6-3-2-4-7-15)13-22(24-19(17)12-16)31-14-21(27)25-26-23(28)20-8-5-11-30-20/h2-13H,14H2,1H3,(H,25,27)(H,26,28). The van der Waals surface area contributed by atoms with Gasteiger partial charge in [0.2, 0.25) is 5.91 Å². The fourth-order valence-electron chi connectivity index (χ4n) is 3.01. The van der Waals surface area contributed by atoms with Crippen molar-refractivity contribution in [2.45, 2.75) is 5.03 Å². The summed E-state index contributed by atoms with van der Waals surface area (Å²) in [4.78, 5) is 29.4. The molecular formula is C23H19N3O3S2. The summed E-state index contributed by atoms with van der Waals surface area (Å²) < 4.78 is 5.34. The van der Waals surface area contributed by atoms with Gasteiger partial charge in [-0.3, -0.25) is 20.4 Å².